The molecule has 2 unspecified atom stereocenters. The highest BCUT2D eigenvalue weighted by molar-refractivity contribution is 7.91. The number of hydrogen-bond acceptors (Lipinski definition) is 4. The Morgan fingerprint density at radius 2 is 1.81 bits per heavy atom. The first kappa shape index (κ1) is 12.3. The van der Waals surface area contributed by atoms with Crippen molar-refractivity contribution < 1.29 is 8.42 Å². The minimum Gasteiger partial charge on any atom is -0.330 e. The largest absolute Gasteiger partial charge is 0.330 e. The molecule has 16 heavy (non-hydrogen) atoms. The summed E-state index contributed by atoms with van der Waals surface area (Å²) in [5.41, 5.74) is 5.74. The van der Waals surface area contributed by atoms with Gasteiger partial charge >= 0.3 is 0 Å². The summed E-state index contributed by atoms with van der Waals surface area (Å²) in [6.45, 7) is 0.753. The van der Waals surface area contributed by atoms with Crippen LogP contribution < -0.4 is 11.1 Å². The van der Waals surface area contributed by atoms with Crippen molar-refractivity contribution in [2.45, 2.75) is 44.2 Å². The normalized spacial score (nSPS) is 35.3. The minimum atomic E-state index is -2.73. The maximum Gasteiger partial charge on any atom is 0.150 e. The van der Waals surface area contributed by atoms with Crippen molar-refractivity contribution in [1.29, 1.82) is 0 Å². The lowest BCUT2D eigenvalue weighted by molar-refractivity contribution is 0.343. The predicted molar refractivity (Wildman–Crippen MR) is 65.0 cm³/mol. The molecule has 94 valence electrons. The second-order valence-corrected chi connectivity index (χ2v) is 7.43. The summed E-state index contributed by atoms with van der Waals surface area (Å²) < 4.78 is 22.6. The molecule has 0 spiro atoms. The van der Waals surface area contributed by atoms with Crippen LogP contribution in [0.5, 0.6) is 0 Å². The molecule has 0 amide bonds. The molecule has 2 aliphatic rings. The highest BCUT2D eigenvalue weighted by Crippen LogP contribution is 2.26. The van der Waals surface area contributed by atoms with Gasteiger partial charge in [-0.1, -0.05) is 6.42 Å². The number of hydrogen-bond donors (Lipinski definition) is 2. The molecule has 2 fully saturated rings. The van der Waals surface area contributed by atoms with E-state index < -0.39 is 9.84 Å². The van der Waals surface area contributed by atoms with E-state index >= 15 is 0 Å². The molecule has 3 N–H and O–H groups in total. The maximum absolute atomic E-state index is 11.3. The van der Waals surface area contributed by atoms with E-state index in [1.165, 1.54) is 19.3 Å². The molecule has 0 aromatic carbocycles. The van der Waals surface area contributed by atoms with Gasteiger partial charge in [-0.3, -0.25) is 0 Å². The number of nitrogens with two attached hydrogens (primary N) is 1. The van der Waals surface area contributed by atoms with Crippen LogP contribution in [0, 0.1) is 5.92 Å². The topological polar surface area (TPSA) is 72.2 Å². The van der Waals surface area contributed by atoms with Crippen molar-refractivity contribution in [3.8, 4) is 0 Å². The van der Waals surface area contributed by atoms with Gasteiger partial charge < -0.3 is 11.1 Å². The molecule has 0 aromatic heterocycles. The number of sulfone groups is 1. The lowest BCUT2D eigenvalue weighted by Gasteiger charge is -2.29. The zero-order valence-electron chi connectivity index (χ0n) is 9.69. The highest BCUT2D eigenvalue weighted by Gasteiger charge is 2.30. The fraction of sp³-hybridized carbons (Fsp3) is 1.00. The first-order chi connectivity index (χ1) is 7.61. The zero-order chi connectivity index (χ0) is 11.6. The summed E-state index contributed by atoms with van der Waals surface area (Å²) in [6.07, 6.45) is 5.22. The quantitative estimate of drug-likeness (QED) is 0.750. The highest BCUT2D eigenvalue weighted by atomic mass is 32.2. The van der Waals surface area contributed by atoms with Crippen molar-refractivity contribution in [2.24, 2.45) is 11.7 Å². The van der Waals surface area contributed by atoms with Crippen molar-refractivity contribution in [3.05, 3.63) is 0 Å². The summed E-state index contributed by atoms with van der Waals surface area (Å²) in [4.78, 5) is 0. The number of nitrogens with one attached hydrogen (secondary N) is 1. The minimum absolute atomic E-state index is 0.352. The third-order valence-corrected chi connectivity index (χ3v) is 5.68. The van der Waals surface area contributed by atoms with E-state index in [1.807, 2.05) is 0 Å². The van der Waals surface area contributed by atoms with Crippen LogP contribution >= 0.6 is 0 Å². The fourth-order valence-corrected chi connectivity index (χ4v) is 4.39. The van der Waals surface area contributed by atoms with Gasteiger partial charge in [0.15, 0.2) is 0 Å². The maximum atomic E-state index is 11.3. The molecule has 5 heteroatoms. The second kappa shape index (κ2) is 5.02. The third-order valence-electron chi connectivity index (χ3n) is 3.97. The van der Waals surface area contributed by atoms with Crippen LogP contribution in [-0.4, -0.2) is 38.6 Å². The van der Waals surface area contributed by atoms with E-state index in [2.05, 4.69) is 5.32 Å². The molecular formula is C11H22N2O2S. The fourth-order valence-electron chi connectivity index (χ4n) is 2.90. The zero-order valence-corrected chi connectivity index (χ0v) is 10.5. The van der Waals surface area contributed by atoms with Crippen LogP contribution in [-0.2, 0) is 9.84 Å². The van der Waals surface area contributed by atoms with E-state index in [-0.39, 0.29) is 0 Å². The van der Waals surface area contributed by atoms with Crippen LogP contribution in [0.4, 0.5) is 0 Å². The standard InChI is InChI=1S/C11H22N2O2S/c12-8-9-2-1-3-11(9)13-10-4-6-16(14,15)7-5-10/h9-11,13H,1-8,12H2. The Hall–Kier alpha value is -0.130. The molecule has 1 heterocycles. The average molecular weight is 246 g/mol. The second-order valence-electron chi connectivity index (χ2n) is 5.13. The molecule has 1 aliphatic carbocycles. The molecule has 2 atom stereocenters. The van der Waals surface area contributed by atoms with Gasteiger partial charge in [0.1, 0.15) is 9.84 Å². The summed E-state index contributed by atoms with van der Waals surface area (Å²) >= 11 is 0. The Balaban J connectivity index is 1.82. The Labute approximate surface area is 97.9 Å². The van der Waals surface area contributed by atoms with Crippen molar-refractivity contribution in [2.75, 3.05) is 18.1 Å². The summed E-state index contributed by atoms with van der Waals surface area (Å²) in [5.74, 6) is 1.30. The van der Waals surface area contributed by atoms with Gasteiger partial charge in [0, 0.05) is 12.1 Å². The van der Waals surface area contributed by atoms with Gasteiger partial charge in [-0.2, -0.15) is 0 Å². The molecule has 4 nitrogen and oxygen atoms in total. The van der Waals surface area contributed by atoms with Gasteiger partial charge in [0.25, 0.3) is 0 Å². The number of rotatable bonds is 3. The Kier molecular flexibility index (Phi) is 3.87. The average Bonchev–Trinajstić information content (AvgIpc) is 2.68. The lowest BCUT2D eigenvalue weighted by atomic mass is 10.0. The van der Waals surface area contributed by atoms with Crippen LogP contribution in [0.1, 0.15) is 32.1 Å². The van der Waals surface area contributed by atoms with Crippen LogP contribution in [0.3, 0.4) is 0 Å². The molecule has 1 aliphatic heterocycles. The van der Waals surface area contributed by atoms with Crippen LogP contribution in [0.2, 0.25) is 0 Å². The van der Waals surface area contributed by atoms with Crippen molar-refractivity contribution in [1.82, 2.24) is 5.32 Å². The summed E-state index contributed by atoms with van der Waals surface area (Å²) in [6, 6.07) is 0.913. The first-order valence-electron chi connectivity index (χ1n) is 6.27. The van der Waals surface area contributed by atoms with Gasteiger partial charge in [-0.25, -0.2) is 8.42 Å². The van der Waals surface area contributed by atoms with E-state index in [4.69, 9.17) is 5.73 Å². The van der Waals surface area contributed by atoms with Crippen LogP contribution in [0.15, 0.2) is 0 Å². The van der Waals surface area contributed by atoms with Gasteiger partial charge in [-0.15, -0.1) is 0 Å². The summed E-state index contributed by atoms with van der Waals surface area (Å²) in [7, 11) is -2.73. The lowest BCUT2D eigenvalue weighted by Crippen LogP contribution is -2.45. The molecule has 0 bridgehead atoms. The third kappa shape index (κ3) is 2.96. The summed E-state index contributed by atoms with van der Waals surface area (Å²) in [5, 5.41) is 3.61. The smallest absolute Gasteiger partial charge is 0.150 e. The van der Waals surface area contributed by atoms with Gasteiger partial charge in [0.2, 0.25) is 0 Å². The van der Waals surface area contributed by atoms with E-state index in [1.54, 1.807) is 0 Å². The van der Waals surface area contributed by atoms with Gasteiger partial charge in [0.05, 0.1) is 11.5 Å². The molecule has 1 saturated carbocycles. The molecule has 0 aromatic rings. The van der Waals surface area contributed by atoms with E-state index in [9.17, 15) is 8.42 Å². The Morgan fingerprint density at radius 3 is 2.44 bits per heavy atom. The predicted octanol–water partition coefficient (Wildman–Crippen LogP) is 0.281. The molecular weight excluding hydrogens is 224 g/mol. The molecule has 0 radical (unpaired) electrons. The monoisotopic (exact) mass is 246 g/mol. The van der Waals surface area contributed by atoms with E-state index in [0.717, 1.165) is 19.4 Å². The van der Waals surface area contributed by atoms with Gasteiger partial charge in [-0.05, 0) is 38.1 Å². The van der Waals surface area contributed by atoms with Crippen LogP contribution in [0.25, 0.3) is 0 Å². The Bertz CT molecular complexity index is 315. The SMILES string of the molecule is NCC1CCCC1NC1CCS(=O)(=O)CC1. The van der Waals surface area contributed by atoms with Crippen molar-refractivity contribution >= 4 is 9.84 Å². The molecule has 2 rings (SSSR count). The molecule has 1 saturated heterocycles. The Morgan fingerprint density at radius 1 is 1.12 bits per heavy atom. The van der Waals surface area contributed by atoms with Crippen molar-refractivity contribution in [3.63, 3.8) is 0 Å². The van der Waals surface area contributed by atoms with E-state index in [0.29, 0.717) is 29.5 Å². The first-order valence-corrected chi connectivity index (χ1v) is 8.09.